The number of nitrogens with zero attached hydrogens (tertiary/aromatic N) is 2. The minimum atomic E-state index is -0.929. The maximum absolute atomic E-state index is 11.5. The first-order valence-corrected chi connectivity index (χ1v) is 11.6. The Bertz CT molecular complexity index is 1260. The fourth-order valence-electron chi connectivity index (χ4n) is 5.04. The summed E-state index contributed by atoms with van der Waals surface area (Å²) in [5.41, 5.74) is 5.23. The summed E-state index contributed by atoms with van der Waals surface area (Å²) < 4.78 is 8.13. The second kappa shape index (κ2) is 9.20. The van der Waals surface area contributed by atoms with E-state index >= 15 is 0 Å². The summed E-state index contributed by atoms with van der Waals surface area (Å²) in [5.74, 6) is -0.0267. The Labute approximate surface area is 193 Å². The topological polar surface area (TPSA) is 64.3 Å². The van der Waals surface area contributed by atoms with Gasteiger partial charge in [0, 0.05) is 18.7 Å². The Balaban J connectivity index is 1.57. The molecule has 1 unspecified atom stereocenters. The van der Waals surface area contributed by atoms with Crippen molar-refractivity contribution < 1.29 is 14.6 Å². The molecule has 0 spiro atoms. The maximum Gasteiger partial charge on any atom is 0.335 e. The van der Waals surface area contributed by atoms with Crippen molar-refractivity contribution in [1.29, 1.82) is 0 Å². The van der Waals surface area contributed by atoms with Crippen LogP contribution in [0.25, 0.3) is 22.4 Å². The van der Waals surface area contributed by atoms with Gasteiger partial charge in [-0.05, 0) is 42.2 Å². The van der Waals surface area contributed by atoms with E-state index in [2.05, 4.69) is 41.0 Å². The van der Waals surface area contributed by atoms with Gasteiger partial charge < -0.3 is 14.4 Å². The predicted octanol–water partition coefficient (Wildman–Crippen LogP) is 6.64. The van der Waals surface area contributed by atoms with Crippen molar-refractivity contribution in [3.05, 3.63) is 89.5 Å². The van der Waals surface area contributed by atoms with Crippen molar-refractivity contribution in [3.63, 3.8) is 0 Å². The van der Waals surface area contributed by atoms with E-state index in [1.54, 1.807) is 19.2 Å². The lowest BCUT2D eigenvalue weighted by molar-refractivity contribution is 0.0697. The highest BCUT2D eigenvalue weighted by Gasteiger charge is 2.23. The highest BCUT2D eigenvalue weighted by molar-refractivity contribution is 5.93. The van der Waals surface area contributed by atoms with Gasteiger partial charge in [0.1, 0.15) is 11.9 Å². The average Bonchev–Trinajstić information content (AvgIpc) is 3.25. The predicted molar refractivity (Wildman–Crippen MR) is 130 cm³/mol. The van der Waals surface area contributed by atoms with Gasteiger partial charge in [-0.1, -0.05) is 73.9 Å². The van der Waals surface area contributed by atoms with Gasteiger partial charge in [-0.3, -0.25) is 0 Å². The molecule has 1 atom stereocenters. The van der Waals surface area contributed by atoms with E-state index in [1.165, 1.54) is 19.3 Å². The molecular weight excluding hydrogens is 412 g/mol. The Morgan fingerprint density at radius 3 is 2.33 bits per heavy atom. The van der Waals surface area contributed by atoms with Crippen molar-refractivity contribution in [1.82, 2.24) is 9.55 Å². The summed E-state index contributed by atoms with van der Waals surface area (Å²) in [6.07, 6.45) is 5.81. The van der Waals surface area contributed by atoms with E-state index in [0.717, 1.165) is 46.4 Å². The van der Waals surface area contributed by atoms with Gasteiger partial charge in [-0.2, -0.15) is 0 Å². The number of hydrogen-bond acceptors (Lipinski definition) is 3. The van der Waals surface area contributed by atoms with Gasteiger partial charge in [0.2, 0.25) is 0 Å². The van der Waals surface area contributed by atoms with Crippen LogP contribution in [0, 0.1) is 0 Å². The monoisotopic (exact) mass is 440 g/mol. The highest BCUT2D eigenvalue weighted by atomic mass is 16.5. The summed E-state index contributed by atoms with van der Waals surface area (Å²) in [6, 6.07) is 24.3. The molecule has 1 aliphatic rings. The summed E-state index contributed by atoms with van der Waals surface area (Å²) in [6.45, 7) is 0. The molecule has 0 saturated heterocycles. The molecule has 5 rings (SSSR count). The van der Waals surface area contributed by atoms with E-state index in [1.807, 2.05) is 24.3 Å². The molecule has 5 nitrogen and oxygen atoms in total. The van der Waals surface area contributed by atoms with Gasteiger partial charge in [0.15, 0.2) is 0 Å². The van der Waals surface area contributed by atoms with E-state index < -0.39 is 5.97 Å². The van der Waals surface area contributed by atoms with Crippen LogP contribution in [0.2, 0.25) is 0 Å². The third kappa shape index (κ3) is 4.16. The molecular formula is C28H28N2O3. The van der Waals surface area contributed by atoms with E-state index in [0.29, 0.717) is 6.04 Å². The third-order valence-corrected chi connectivity index (χ3v) is 6.69. The molecule has 1 fully saturated rings. The van der Waals surface area contributed by atoms with Crippen molar-refractivity contribution in [2.75, 3.05) is 7.11 Å². The van der Waals surface area contributed by atoms with Crippen LogP contribution < -0.4 is 0 Å². The summed E-state index contributed by atoms with van der Waals surface area (Å²) in [5, 5.41) is 9.44. The zero-order valence-corrected chi connectivity index (χ0v) is 18.8. The van der Waals surface area contributed by atoms with Crippen LogP contribution >= 0.6 is 0 Å². The second-order valence-corrected chi connectivity index (χ2v) is 8.75. The van der Waals surface area contributed by atoms with E-state index in [4.69, 9.17) is 9.72 Å². The standard InChI is InChI=1S/C28H28N2O3/c1-33-26(19-8-4-2-5-9-19)20-12-14-21(15-13-20)27-29-24-18-22(28(31)32)16-17-25(24)30(27)23-10-6-3-7-11-23/h2,4-5,8-9,12-18,23,26H,3,6-7,10-11H2,1H3,(H,31,32). The summed E-state index contributed by atoms with van der Waals surface area (Å²) in [4.78, 5) is 16.4. The molecule has 168 valence electrons. The SMILES string of the molecule is COC(c1ccccc1)c1ccc(-c2nc3cc(C(=O)O)ccc3n2C2CCCCC2)cc1. The molecule has 1 N–H and O–H groups in total. The number of ether oxygens (including phenoxy) is 1. The van der Waals surface area contributed by atoms with Crippen LogP contribution in [0.5, 0.6) is 0 Å². The molecule has 1 saturated carbocycles. The Morgan fingerprint density at radius 1 is 0.970 bits per heavy atom. The number of carboxylic acids is 1. The number of carbonyl (C=O) groups is 1. The van der Waals surface area contributed by atoms with Gasteiger partial charge >= 0.3 is 5.97 Å². The maximum atomic E-state index is 11.5. The van der Waals surface area contributed by atoms with Crippen molar-refractivity contribution in [2.45, 2.75) is 44.2 Å². The first-order chi connectivity index (χ1) is 16.2. The normalized spacial score (nSPS) is 15.5. The van der Waals surface area contributed by atoms with Crippen molar-refractivity contribution in [2.24, 2.45) is 0 Å². The number of methoxy groups -OCH3 is 1. The minimum Gasteiger partial charge on any atom is -0.478 e. The van der Waals surface area contributed by atoms with Crippen LogP contribution in [0.3, 0.4) is 0 Å². The molecule has 0 radical (unpaired) electrons. The van der Waals surface area contributed by atoms with Gasteiger partial charge in [0.25, 0.3) is 0 Å². The smallest absolute Gasteiger partial charge is 0.335 e. The largest absolute Gasteiger partial charge is 0.478 e. The van der Waals surface area contributed by atoms with E-state index in [9.17, 15) is 9.90 Å². The Kier molecular flexibility index (Phi) is 5.97. The average molecular weight is 441 g/mol. The quantitative estimate of drug-likeness (QED) is 0.365. The first-order valence-electron chi connectivity index (χ1n) is 11.6. The number of carboxylic acid groups (broad SMARTS) is 1. The van der Waals surface area contributed by atoms with Crippen molar-refractivity contribution >= 4 is 17.0 Å². The molecule has 1 aliphatic carbocycles. The Morgan fingerprint density at radius 2 is 1.67 bits per heavy atom. The molecule has 1 aromatic heterocycles. The number of rotatable bonds is 6. The molecule has 0 amide bonds. The Hall–Kier alpha value is -3.44. The third-order valence-electron chi connectivity index (χ3n) is 6.69. The van der Waals surface area contributed by atoms with Gasteiger partial charge in [-0.15, -0.1) is 0 Å². The van der Waals surface area contributed by atoms with Crippen LogP contribution in [0.15, 0.2) is 72.8 Å². The molecule has 3 aromatic carbocycles. The molecule has 5 heteroatoms. The number of fused-ring (bicyclic) bond motifs is 1. The molecule has 4 aromatic rings. The number of hydrogen-bond donors (Lipinski definition) is 1. The highest BCUT2D eigenvalue weighted by Crippen LogP contribution is 2.37. The minimum absolute atomic E-state index is 0.129. The fourth-order valence-corrected chi connectivity index (χ4v) is 5.04. The molecule has 0 bridgehead atoms. The fraction of sp³-hybridized carbons (Fsp3) is 0.286. The zero-order valence-electron chi connectivity index (χ0n) is 18.8. The summed E-state index contributed by atoms with van der Waals surface area (Å²) in [7, 11) is 1.73. The van der Waals surface area contributed by atoms with Crippen LogP contribution in [-0.4, -0.2) is 27.7 Å². The summed E-state index contributed by atoms with van der Waals surface area (Å²) >= 11 is 0. The lowest BCUT2D eigenvalue weighted by Gasteiger charge is -2.26. The number of aromatic nitrogens is 2. The van der Waals surface area contributed by atoms with Gasteiger partial charge in [0.05, 0.1) is 16.6 Å². The van der Waals surface area contributed by atoms with Gasteiger partial charge in [-0.25, -0.2) is 9.78 Å². The van der Waals surface area contributed by atoms with Crippen LogP contribution in [0.4, 0.5) is 0 Å². The first kappa shape index (κ1) is 21.4. The molecule has 33 heavy (non-hydrogen) atoms. The zero-order chi connectivity index (χ0) is 22.8. The number of aromatic carboxylic acids is 1. The molecule has 0 aliphatic heterocycles. The van der Waals surface area contributed by atoms with E-state index in [-0.39, 0.29) is 11.7 Å². The number of benzene rings is 3. The molecule has 1 heterocycles. The lowest BCUT2D eigenvalue weighted by Crippen LogP contribution is -2.14. The van der Waals surface area contributed by atoms with Crippen LogP contribution in [-0.2, 0) is 4.74 Å². The second-order valence-electron chi connectivity index (χ2n) is 8.75. The van der Waals surface area contributed by atoms with Crippen LogP contribution in [0.1, 0.15) is 65.7 Å². The number of imidazole rings is 1. The lowest BCUT2D eigenvalue weighted by atomic mass is 9.94. The van der Waals surface area contributed by atoms with Crippen molar-refractivity contribution in [3.8, 4) is 11.4 Å².